The Hall–Kier alpha value is -3.88. The van der Waals surface area contributed by atoms with E-state index in [-0.39, 0.29) is 38.4 Å². The molecule has 188 valence electrons. The molecule has 35 heavy (non-hydrogen) atoms. The zero-order valence-corrected chi connectivity index (χ0v) is 19.9. The van der Waals surface area contributed by atoms with E-state index in [1.807, 2.05) is 38.1 Å². The second kappa shape index (κ2) is 14.4. The minimum atomic E-state index is -1.15. The van der Waals surface area contributed by atoms with E-state index >= 15 is 0 Å². The predicted octanol–water partition coefficient (Wildman–Crippen LogP) is 3.42. The number of benzene rings is 2. The number of amides is 2. The Balaban J connectivity index is 1.96. The van der Waals surface area contributed by atoms with Gasteiger partial charge >= 0.3 is 18.0 Å². The number of nitrogens with one attached hydrogen (secondary N) is 2. The molecule has 0 spiro atoms. The highest BCUT2D eigenvalue weighted by atomic mass is 16.6. The highest BCUT2D eigenvalue weighted by molar-refractivity contribution is 5.85. The van der Waals surface area contributed by atoms with Crippen molar-refractivity contribution in [3.05, 3.63) is 71.8 Å². The van der Waals surface area contributed by atoms with E-state index in [2.05, 4.69) is 10.6 Å². The van der Waals surface area contributed by atoms with Crippen molar-refractivity contribution >= 4 is 23.9 Å². The number of esters is 1. The number of alkyl carbamates (subject to hydrolysis) is 1. The number of hydrogen-bond acceptors (Lipinski definition) is 6. The SMILES string of the molecule is CC(C)C[C@H](NC(=O)CC[C@H](NC(=O)OCc1ccccc1)C(=O)OCc1ccccc1)C(=O)O. The van der Waals surface area contributed by atoms with Crippen molar-refractivity contribution < 1.29 is 33.8 Å². The lowest BCUT2D eigenvalue weighted by Crippen LogP contribution is -2.44. The van der Waals surface area contributed by atoms with Crippen molar-refractivity contribution in [3.63, 3.8) is 0 Å². The van der Waals surface area contributed by atoms with Crippen LogP contribution in [-0.4, -0.2) is 41.1 Å². The molecule has 2 aromatic carbocycles. The summed E-state index contributed by atoms with van der Waals surface area (Å²) in [5.74, 6) is -2.33. The van der Waals surface area contributed by atoms with E-state index in [0.717, 1.165) is 11.1 Å². The van der Waals surface area contributed by atoms with Crippen LogP contribution in [0.25, 0.3) is 0 Å². The molecule has 0 aliphatic heterocycles. The molecule has 0 aliphatic carbocycles. The summed E-state index contributed by atoms with van der Waals surface area (Å²) in [7, 11) is 0. The Kier molecular flexibility index (Phi) is 11.3. The van der Waals surface area contributed by atoms with Crippen molar-refractivity contribution in [1.29, 1.82) is 0 Å². The van der Waals surface area contributed by atoms with Gasteiger partial charge in [-0.15, -0.1) is 0 Å². The second-order valence-electron chi connectivity index (χ2n) is 8.48. The van der Waals surface area contributed by atoms with Gasteiger partial charge in [0.2, 0.25) is 5.91 Å². The average Bonchev–Trinajstić information content (AvgIpc) is 2.84. The highest BCUT2D eigenvalue weighted by Gasteiger charge is 2.26. The summed E-state index contributed by atoms with van der Waals surface area (Å²) in [5, 5.41) is 14.2. The monoisotopic (exact) mass is 484 g/mol. The maximum Gasteiger partial charge on any atom is 0.408 e. The fourth-order valence-electron chi connectivity index (χ4n) is 3.22. The van der Waals surface area contributed by atoms with E-state index in [4.69, 9.17) is 9.47 Å². The topological polar surface area (TPSA) is 131 Å². The molecule has 0 heterocycles. The normalized spacial score (nSPS) is 12.3. The molecule has 0 radical (unpaired) electrons. The Morgan fingerprint density at radius 2 is 1.34 bits per heavy atom. The Morgan fingerprint density at radius 1 is 0.800 bits per heavy atom. The first-order valence-electron chi connectivity index (χ1n) is 11.4. The minimum Gasteiger partial charge on any atom is -0.480 e. The van der Waals surface area contributed by atoms with Crippen LogP contribution >= 0.6 is 0 Å². The van der Waals surface area contributed by atoms with E-state index in [1.165, 1.54) is 0 Å². The van der Waals surface area contributed by atoms with Crippen molar-refractivity contribution in [2.75, 3.05) is 0 Å². The first-order valence-corrected chi connectivity index (χ1v) is 11.4. The molecule has 0 fully saturated rings. The van der Waals surface area contributed by atoms with Gasteiger partial charge in [0.25, 0.3) is 0 Å². The van der Waals surface area contributed by atoms with Gasteiger partial charge in [0.15, 0.2) is 0 Å². The highest BCUT2D eigenvalue weighted by Crippen LogP contribution is 2.09. The molecule has 2 aromatic rings. The molecule has 9 heteroatoms. The lowest BCUT2D eigenvalue weighted by Gasteiger charge is -2.19. The van der Waals surface area contributed by atoms with Crippen molar-refractivity contribution in [2.45, 2.75) is 58.4 Å². The summed E-state index contributed by atoms with van der Waals surface area (Å²) in [6, 6.07) is 15.9. The molecule has 0 saturated heterocycles. The van der Waals surface area contributed by atoms with Crippen LogP contribution in [-0.2, 0) is 37.1 Å². The summed E-state index contributed by atoms with van der Waals surface area (Å²) in [4.78, 5) is 48.8. The summed E-state index contributed by atoms with van der Waals surface area (Å²) < 4.78 is 10.5. The quantitative estimate of drug-likeness (QED) is 0.371. The van der Waals surface area contributed by atoms with Gasteiger partial charge in [-0.05, 0) is 29.9 Å². The minimum absolute atomic E-state index is 0.00140. The average molecular weight is 485 g/mol. The molecule has 0 saturated carbocycles. The van der Waals surface area contributed by atoms with Crippen molar-refractivity contribution in [1.82, 2.24) is 10.6 Å². The third-order valence-electron chi connectivity index (χ3n) is 5.01. The molecule has 9 nitrogen and oxygen atoms in total. The van der Waals surface area contributed by atoms with Gasteiger partial charge in [0.05, 0.1) is 0 Å². The third kappa shape index (κ3) is 10.7. The summed E-state index contributed by atoms with van der Waals surface area (Å²) in [5.41, 5.74) is 1.54. The molecule has 2 amide bonds. The number of carboxylic acids is 1. The van der Waals surface area contributed by atoms with Gasteiger partial charge in [-0.3, -0.25) is 4.79 Å². The number of aliphatic carboxylic acids is 1. The summed E-state index contributed by atoms with van der Waals surface area (Å²) >= 11 is 0. The number of ether oxygens (including phenoxy) is 2. The molecule has 0 aliphatic rings. The van der Waals surface area contributed by atoms with Crippen molar-refractivity contribution in [2.24, 2.45) is 5.92 Å². The van der Waals surface area contributed by atoms with Gasteiger partial charge in [0.1, 0.15) is 25.3 Å². The van der Waals surface area contributed by atoms with Gasteiger partial charge in [-0.1, -0.05) is 74.5 Å². The van der Waals surface area contributed by atoms with Crippen LogP contribution in [0.15, 0.2) is 60.7 Å². The van der Waals surface area contributed by atoms with E-state index in [9.17, 15) is 24.3 Å². The summed E-state index contributed by atoms with van der Waals surface area (Å²) in [6.45, 7) is 3.71. The van der Waals surface area contributed by atoms with Crippen LogP contribution in [0.4, 0.5) is 4.79 Å². The van der Waals surface area contributed by atoms with Gasteiger partial charge < -0.3 is 25.2 Å². The van der Waals surface area contributed by atoms with E-state index < -0.39 is 36.0 Å². The van der Waals surface area contributed by atoms with Crippen LogP contribution in [0.2, 0.25) is 0 Å². The number of rotatable bonds is 13. The molecule has 0 unspecified atom stereocenters. The maximum absolute atomic E-state index is 12.7. The Bertz CT molecular complexity index is 964. The van der Waals surface area contributed by atoms with Crippen LogP contribution in [0.5, 0.6) is 0 Å². The van der Waals surface area contributed by atoms with Gasteiger partial charge in [-0.25, -0.2) is 14.4 Å². The molecule has 0 aromatic heterocycles. The predicted molar refractivity (Wildman–Crippen MR) is 128 cm³/mol. The lowest BCUT2D eigenvalue weighted by molar-refractivity contribution is -0.148. The zero-order valence-electron chi connectivity index (χ0n) is 19.9. The fourth-order valence-corrected chi connectivity index (χ4v) is 3.22. The molecule has 2 rings (SSSR count). The Morgan fingerprint density at radius 3 is 1.86 bits per heavy atom. The molecular formula is C26H32N2O7. The standard InChI is InChI=1S/C26H32N2O7/c1-18(2)15-22(24(30)31)27-23(29)14-13-21(25(32)34-16-19-9-5-3-6-10-19)28-26(33)35-17-20-11-7-4-8-12-20/h3-12,18,21-22H,13-17H2,1-2H3,(H,27,29)(H,28,33)(H,30,31)/t21-,22-/m0/s1. The number of carbonyl (C=O) groups excluding carboxylic acids is 3. The van der Waals surface area contributed by atoms with Crippen LogP contribution < -0.4 is 10.6 Å². The third-order valence-corrected chi connectivity index (χ3v) is 5.01. The fraction of sp³-hybridized carbons (Fsp3) is 0.385. The first-order chi connectivity index (χ1) is 16.7. The smallest absolute Gasteiger partial charge is 0.408 e. The first kappa shape index (κ1) is 27.4. The summed E-state index contributed by atoms with van der Waals surface area (Å²) in [6.07, 6.45) is -0.841. The molecule has 2 atom stereocenters. The van der Waals surface area contributed by atoms with Crippen LogP contribution in [0.1, 0.15) is 44.2 Å². The maximum atomic E-state index is 12.7. The van der Waals surface area contributed by atoms with Gasteiger partial charge in [-0.2, -0.15) is 0 Å². The van der Waals surface area contributed by atoms with Crippen LogP contribution in [0, 0.1) is 5.92 Å². The van der Waals surface area contributed by atoms with Crippen molar-refractivity contribution in [3.8, 4) is 0 Å². The molecule has 0 bridgehead atoms. The number of hydrogen-bond donors (Lipinski definition) is 3. The zero-order chi connectivity index (χ0) is 25.6. The largest absolute Gasteiger partial charge is 0.480 e. The van der Waals surface area contributed by atoms with Gasteiger partial charge in [0, 0.05) is 6.42 Å². The van der Waals surface area contributed by atoms with E-state index in [1.54, 1.807) is 36.4 Å². The number of carboxylic acid groups (broad SMARTS) is 1. The van der Waals surface area contributed by atoms with Crippen LogP contribution in [0.3, 0.4) is 0 Å². The number of carbonyl (C=O) groups is 4. The molecular weight excluding hydrogens is 452 g/mol. The molecule has 3 N–H and O–H groups in total. The second-order valence-corrected chi connectivity index (χ2v) is 8.48. The Labute approximate surface area is 204 Å². The lowest BCUT2D eigenvalue weighted by atomic mass is 10.0. The van der Waals surface area contributed by atoms with E-state index in [0.29, 0.717) is 0 Å².